The Morgan fingerprint density at radius 2 is 2.21 bits per heavy atom. The predicted octanol–water partition coefficient (Wildman–Crippen LogP) is 1.76. The van der Waals surface area contributed by atoms with Crippen LogP contribution in [-0.2, 0) is 4.79 Å². The van der Waals surface area contributed by atoms with E-state index >= 15 is 0 Å². The van der Waals surface area contributed by atoms with Crippen LogP contribution in [0.3, 0.4) is 0 Å². The van der Waals surface area contributed by atoms with Crippen molar-refractivity contribution in [3.8, 4) is 0 Å². The molecule has 1 fully saturated rings. The molecule has 1 aliphatic rings. The summed E-state index contributed by atoms with van der Waals surface area (Å²) < 4.78 is 0. The van der Waals surface area contributed by atoms with Crippen LogP contribution < -0.4 is 5.32 Å². The molecule has 0 aromatic carbocycles. The van der Waals surface area contributed by atoms with Gasteiger partial charge in [-0.25, -0.2) is 0 Å². The number of hydrogen-bond acceptors (Lipinski definition) is 4. The zero-order chi connectivity index (χ0) is 14.0. The molecule has 1 N–H and O–H groups in total. The van der Waals surface area contributed by atoms with Crippen LogP contribution >= 0.6 is 11.3 Å². The van der Waals surface area contributed by atoms with Gasteiger partial charge in [-0.3, -0.25) is 10.1 Å². The van der Waals surface area contributed by atoms with Gasteiger partial charge >= 0.3 is 0 Å². The normalized spacial score (nSPS) is 23.9. The Bertz CT molecular complexity index is 416. The summed E-state index contributed by atoms with van der Waals surface area (Å²) in [5.74, 6) is 0.547. The number of rotatable bonds is 5. The van der Waals surface area contributed by atoms with Crippen LogP contribution in [-0.4, -0.2) is 48.9 Å². The summed E-state index contributed by atoms with van der Waals surface area (Å²) in [6, 6.07) is 2.04. The van der Waals surface area contributed by atoms with Gasteiger partial charge in [0, 0.05) is 13.1 Å². The fraction of sp³-hybridized carbons (Fsp3) is 0.643. The Labute approximate surface area is 119 Å². The van der Waals surface area contributed by atoms with Crippen molar-refractivity contribution >= 4 is 17.2 Å². The van der Waals surface area contributed by atoms with Gasteiger partial charge in [0.05, 0.1) is 6.04 Å². The minimum absolute atomic E-state index is 0.0334. The number of carbonyl (C=O) groups excluding carboxylic acids is 1. The van der Waals surface area contributed by atoms with Crippen molar-refractivity contribution in [2.45, 2.75) is 26.1 Å². The summed E-state index contributed by atoms with van der Waals surface area (Å²) in [5.41, 5.74) is 1.19. The third-order valence-electron chi connectivity index (χ3n) is 3.51. The van der Waals surface area contributed by atoms with E-state index in [0.717, 1.165) is 13.1 Å². The monoisotopic (exact) mass is 281 g/mol. The van der Waals surface area contributed by atoms with Crippen molar-refractivity contribution in [2.75, 3.05) is 27.2 Å². The van der Waals surface area contributed by atoms with E-state index in [9.17, 15) is 4.79 Å². The molecule has 0 aliphatic carbocycles. The molecule has 1 aliphatic heterocycles. The molecule has 106 valence electrons. The van der Waals surface area contributed by atoms with Crippen molar-refractivity contribution in [3.63, 3.8) is 0 Å². The second-order valence-electron chi connectivity index (χ2n) is 5.68. The average Bonchev–Trinajstić information content (AvgIpc) is 2.93. The Morgan fingerprint density at radius 3 is 2.74 bits per heavy atom. The van der Waals surface area contributed by atoms with Crippen LogP contribution in [0.15, 0.2) is 16.8 Å². The van der Waals surface area contributed by atoms with E-state index in [2.05, 4.69) is 40.9 Å². The minimum Gasteiger partial charge on any atom is -0.320 e. The van der Waals surface area contributed by atoms with Gasteiger partial charge in [0.2, 0.25) is 5.91 Å². The molecule has 5 heteroatoms. The Kier molecular flexibility index (Phi) is 4.60. The molecule has 0 spiro atoms. The van der Waals surface area contributed by atoms with Gasteiger partial charge in [0.1, 0.15) is 6.17 Å². The Morgan fingerprint density at radius 1 is 1.47 bits per heavy atom. The highest BCUT2D eigenvalue weighted by molar-refractivity contribution is 7.07. The molecule has 0 saturated carbocycles. The van der Waals surface area contributed by atoms with E-state index in [4.69, 9.17) is 0 Å². The van der Waals surface area contributed by atoms with Crippen molar-refractivity contribution in [1.29, 1.82) is 0 Å². The zero-order valence-electron chi connectivity index (χ0n) is 12.1. The molecule has 2 atom stereocenters. The molecule has 19 heavy (non-hydrogen) atoms. The third-order valence-corrected chi connectivity index (χ3v) is 4.21. The van der Waals surface area contributed by atoms with Crippen molar-refractivity contribution in [3.05, 3.63) is 22.4 Å². The van der Waals surface area contributed by atoms with E-state index in [1.165, 1.54) is 5.56 Å². The van der Waals surface area contributed by atoms with Crippen molar-refractivity contribution in [1.82, 2.24) is 15.1 Å². The van der Waals surface area contributed by atoms with E-state index in [1.54, 1.807) is 11.3 Å². The van der Waals surface area contributed by atoms with Crippen LogP contribution in [0.4, 0.5) is 0 Å². The van der Waals surface area contributed by atoms with Crippen LogP contribution in [0.25, 0.3) is 0 Å². The molecule has 1 amide bonds. The summed E-state index contributed by atoms with van der Waals surface area (Å²) in [5, 5.41) is 7.67. The molecule has 4 nitrogen and oxygen atoms in total. The lowest BCUT2D eigenvalue weighted by Crippen LogP contribution is -2.37. The van der Waals surface area contributed by atoms with Gasteiger partial charge in [-0.1, -0.05) is 13.8 Å². The fourth-order valence-electron chi connectivity index (χ4n) is 2.37. The van der Waals surface area contributed by atoms with Gasteiger partial charge in [0.25, 0.3) is 0 Å². The molecule has 2 rings (SSSR count). The quantitative estimate of drug-likeness (QED) is 0.893. The first-order valence-electron chi connectivity index (χ1n) is 6.74. The number of nitrogens with one attached hydrogen (secondary N) is 1. The highest BCUT2D eigenvalue weighted by atomic mass is 32.1. The van der Waals surface area contributed by atoms with E-state index < -0.39 is 0 Å². The molecule has 0 bridgehead atoms. The summed E-state index contributed by atoms with van der Waals surface area (Å²) in [6.07, 6.45) is 0.0334. The van der Waals surface area contributed by atoms with Crippen molar-refractivity contribution in [2.24, 2.45) is 5.92 Å². The fourth-order valence-corrected chi connectivity index (χ4v) is 3.05. The van der Waals surface area contributed by atoms with E-state index in [0.29, 0.717) is 5.92 Å². The number of thiophene rings is 1. The van der Waals surface area contributed by atoms with Crippen LogP contribution in [0.5, 0.6) is 0 Å². The van der Waals surface area contributed by atoms with Crippen LogP contribution in [0.2, 0.25) is 0 Å². The standard InChI is InChI=1S/C14H23N3OS/c1-10(2)12-14(18)17(7-6-16(3)4)13(15-12)11-5-8-19-9-11/h5,8-10,12-13,15H,6-7H2,1-4H3. The lowest BCUT2D eigenvalue weighted by molar-refractivity contribution is -0.130. The lowest BCUT2D eigenvalue weighted by atomic mass is 10.1. The second kappa shape index (κ2) is 6.03. The second-order valence-corrected chi connectivity index (χ2v) is 6.46. The predicted molar refractivity (Wildman–Crippen MR) is 79.1 cm³/mol. The summed E-state index contributed by atoms with van der Waals surface area (Å²) >= 11 is 1.68. The first kappa shape index (κ1) is 14.5. The smallest absolute Gasteiger partial charge is 0.241 e. The van der Waals surface area contributed by atoms with Gasteiger partial charge in [-0.05, 0) is 42.4 Å². The third kappa shape index (κ3) is 3.16. The summed E-state index contributed by atoms with van der Waals surface area (Å²) in [4.78, 5) is 16.6. The van der Waals surface area contributed by atoms with Crippen molar-refractivity contribution < 1.29 is 4.79 Å². The number of hydrogen-bond donors (Lipinski definition) is 1. The van der Waals surface area contributed by atoms with E-state index in [-0.39, 0.29) is 18.1 Å². The largest absolute Gasteiger partial charge is 0.320 e. The number of likely N-dealkylation sites (N-methyl/N-ethyl adjacent to an activating group) is 1. The zero-order valence-corrected chi connectivity index (χ0v) is 12.9. The molecule has 0 radical (unpaired) electrons. The molecule has 2 heterocycles. The molecule has 1 aromatic rings. The van der Waals surface area contributed by atoms with Gasteiger partial charge in [-0.2, -0.15) is 11.3 Å². The van der Waals surface area contributed by atoms with Crippen LogP contribution in [0, 0.1) is 5.92 Å². The van der Waals surface area contributed by atoms with Crippen LogP contribution in [0.1, 0.15) is 25.6 Å². The highest BCUT2D eigenvalue weighted by Gasteiger charge is 2.40. The van der Waals surface area contributed by atoms with Gasteiger partial charge in [-0.15, -0.1) is 0 Å². The SMILES string of the molecule is CC(C)C1NC(c2ccsc2)N(CCN(C)C)C1=O. The Hall–Kier alpha value is -0.910. The first-order valence-corrected chi connectivity index (χ1v) is 7.68. The first-order chi connectivity index (χ1) is 9.00. The molecule has 1 aromatic heterocycles. The summed E-state index contributed by atoms with van der Waals surface area (Å²) in [6.45, 7) is 5.84. The number of carbonyl (C=O) groups is 1. The topological polar surface area (TPSA) is 35.6 Å². The molecule has 1 saturated heterocycles. The number of amides is 1. The summed E-state index contributed by atoms with van der Waals surface area (Å²) in [7, 11) is 4.07. The maximum atomic E-state index is 12.5. The maximum absolute atomic E-state index is 12.5. The highest BCUT2D eigenvalue weighted by Crippen LogP contribution is 2.29. The average molecular weight is 281 g/mol. The maximum Gasteiger partial charge on any atom is 0.241 e. The molecular formula is C14H23N3OS. The van der Waals surface area contributed by atoms with Gasteiger partial charge in [0.15, 0.2) is 0 Å². The number of nitrogens with zero attached hydrogens (tertiary/aromatic N) is 2. The van der Waals surface area contributed by atoms with E-state index in [1.807, 2.05) is 19.0 Å². The molecule has 2 unspecified atom stereocenters. The Balaban J connectivity index is 2.16. The molecular weight excluding hydrogens is 258 g/mol. The van der Waals surface area contributed by atoms with Gasteiger partial charge < -0.3 is 9.80 Å². The lowest BCUT2D eigenvalue weighted by Gasteiger charge is -2.25. The minimum atomic E-state index is -0.0629.